The highest BCUT2D eigenvalue weighted by Crippen LogP contribution is 2.38. The maximum absolute atomic E-state index is 12.5. The third-order valence-electron chi connectivity index (χ3n) is 5.55. The van der Waals surface area contributed by atoms with Crippen LogP contribution in [0.1, 0.15) is 71.6 Å². The van der Waals surface area contributed by atoms with E-state index in [1.165, 1.54) is 0 Å². The van der Waals surface area contributed by atoms with Crippen LogP contribution in [-0.4, -0.2) is 39.0 Å². The second-order valence-corrected chi connectivity index (χ2v) is 8.30. The van der Waals surface area contributed by atoms with Crippen LogP contribution >= 0.6 is 0 Å². The van der Waals surface area contributed by atoms with Crippen molar-refractivity contribution in [2.24, 2.45) is 17.8 Å². The quantitative estimate of drug-likeness (QED) is 0.192. The number of nitrogens with zero attached hydrogens (tertiary/aromatic N) is 1. The van der Waals surface area contributed by atoms with Gasteiger partial charge in [0.25, 0.3) is 0 Å². The lowest BCUT2D eigenvalue weighted by molar-refractivity contribution is -0.489. The summed E-state index contributed by atoms with van der Waals surface area (Å²) in [6.45, 7) is 3.57. The Balaban J connectivity index is 2.79. The van der Waals surface area contributed by atoms with E-state index in [1.807, 2.05) is 18.2 Å². The summed E-state index contributed by atoms with van der Waals surface area (Å²) >= 11 is 0. The van der Waals surface area contributed by atoms with Crippen LogP contribution in [0.3, 0.4) is 0 Å². The molecule has 1 aliphatic carbocycles. The number of rotatable bonds is 14. The molecule has 1 rings (SSSR count). The highest BCUT2D eigenvalue weighted by Gasteiger charge is 2.42. The SMILES string of the molecule is CCCCCC(C)(O)C=CC1C(C[N+](=O)[O-])CC(=O)C1CC=CCCCC(=O)O. The summed E-state index contributed by atoms with van der Waals surface area (Å²) in [5.41, 5.74) is -0.989. The third kappa shape index (κ3) is 9.83. The summed E-state index contributed by atoms with van der Waals surface area (Å²) in [4.78, 5) is 33.7. The Morgan fingerprint density at radius 3 is 2.66 bits per heavy atom. The Bertz CT molecular complexity index is 610. The average molecular weight is 410 g/mol. The molecular formula is C22H35NO6. The molecule has 0 aliphatic heterocycles. The number of hydrogen-bond donors (Lipinski definition) is 2. The van der Waals surface area contributed by atoms with Crippen LogP contribution in [-0.2, 0) is 9.59 Å². The molecule has 0 amide bonds. The number of allylic oxidation sites excluding steroid dienone is 3. The molecule has 7 heteroatoms. The van der Waals surface area contributed by atoms with Crippen LogP contribution in [0.4, 0.5) is 0 Å². The minimum atomic E-state index is -0.989. The Labute approximate surface area is 173 Å². The average Bonchev–Trinajstić information content (AvgIpc) is 2.90. The standard InChI is InChI=1S/C22H35NO6/c1-3-4-9-13-22(2,27)14-12-18-17(16-23(28)29)15-20(24)19(18)10-7-5-6-8-11-21(25)26/h5,7,12,14,17-19,27H,3-4,6,8-11,13,15-16H2,1-2H3,(H,25,26). The number of ketones is 1. The van der Waals surface area contributed by atoms with Crippen molar-refractivity contribution < 1.29 is 24.7 Å². The summed E-state index contributed by atoms with van der Waals surface area (Å²) in [7, 11) is 0. The van der Waals surface area contributed by atoms with Gasteiger partial charge in [-0.05, 0) is 38.5 Å². The van der Waals surface area contributed by atoms with E-state index in [2.05, 4.69) is 6.92 Å². The number of hydrogen-bond acceptors (Lipinski definition) is 5. The van der Waals surface area contributed by atoms with Gasteiger partial charge in [0.15, 0.2) is 0 Å². The predicted octanol–water partition coefficient (Wildman–Crippen LogP) is 4.17. The van der Waals surface area contributed by atoms with Crippen LogP contribution in [0.5, 0.6) is 0 Å². The van der Waals surface area contributed by atoms with Crippen LogP contribution in [0.15, 0.2) is 24.3 Å². The molecule has 4 unspecified atom stereocenters. The molecule has 4 atom stereocenters. The molecule has 0 bridgehead atoms. The van der Waals surface area contributed by atoms with Gasteiger partial charge in [-0.1, -0.05) is 50.5 Å². The maximum Gasteiger partial charge on any atom is 0.303 e. The molecule has 0 aromatic heterocycles. The minimum absolute atomic E-state index is 0.0207. The van der Waals surface area contributed by atoms with E-state index < -0.39 is 11.6 Å². The molecule has 0 aromatic carbocycles. The second kappa shape index (κ2) is 12.5. The Morgan fingerprint density at radius 2 is 2.03 bits per heavy atom. The van der Waals surface area contributed by atoms with Crippen LogP contribution < -0.4 is 0 Å². The zero-order valence-corrected chi connectivity index (χ0v) is 17.6. The summed E-state index contributed by atoms with van der Waals surface area (Å²) in [5.74, 6) is -1.77. The number of aliphatic hydroxyl groups is 1. The summed E-state index contributed by atoms with van der Waals surface area (Å²) in [6.07, 6.45) is 12.8. The smallest absolute Gasteiger partial charge is 0.303 e. The van der Waals surface area contributed by atoms with Crippen molar-refractivity contribution in [3.05, 3.63) is 34.4 Å². The number of nitro groups is 1. The molecule has 0 saturated heterocycles. The first kappa shape index (κ1) is 25.0. The van der Waals surface area contributed by atoms with Crippen molar-refractivity contribution in [1.29, 1.82) is 0 Å². The number of Topliss-reactive ketones (excluding diaryl/α,β-unsaturated/α-hetero) is 1. The molecule has 2 N–H and O–H groups in total. The van der Waals surface area contributed by atoms with Gasteiger partial charge >= 0.3 is 5.97 Å². The Hall–Kier alpha value is -2.02. The van der Waals surface area contributed by atoms with E-state index in [-0.39, 0.29) is 47.8 Å². The summed E-state index contributed by atoms with van der Waals surface area (Å²) < 4.78 is 0. The predicted molar refractivity (Wildman–Crippen MR) is 111 cm³/mol. The van der Waals surface area contributed by atoms with Gasteiger partial charge in [-0.2, -0.15) is 0 Å². The van der Waals surface area contributed by atoms with Gasteiger partial charge in [0.1, 0.15) is 5.78 Å². The van der Waals surface area contributed by atoms with Gasteiger partial charge in [-0.15, -0.1) is 0 Å². The zero-order valence-electron chi connectivity index (χ0n) is 17.6. The van der Waals surface area contributed by atoms with Crippen molar-refractivity contribution in [2.75, 3.05) is 6.54 Å². The zero-order chi connectivity index (χ0) is 21.9. The fourth-order valence-electron chi connectivity index (χ4n) is 3.91. The van der Waals surface area contributed by atoms with Crippen molar-refractivity contribution in [3.8, 4) is 0 Å². The molecule has 0 spiro atoms. The van der Waals surface area contributed by atoms with Crippen LogP contribution in [0.25, 0.3) is 0 Å². The molecule has 7 nitrogen and oxygen atoms in total. The highest BCUT2D eigenvalue weighted by atomic mass is 16.6. The molecule has 1 aliphatic rings. The molecule has 0 heterocycles. The topological polar surface area (TPSA) is 118 Å². The van der Waals surface area contributed by atoms with Gasteiger partial charge in [-0.25, -0.2) is 0 Å². The van der Waals surface area contributed by atoms with E-state index in [9.17, 15) is 24.8 Å². The molecule has 1 saturated carbocycles. The largest absolute Gasteiger partial charge is 0.481 e. The van der Waals surface area contributed by atoms with Crippen molar-refractivity contribution in [3.63, 3.8) is 0 Å². The van der Waals surface area contributed by atoms with Crippen molar-refractivity contribution >= 4 is 11.8 Å². The van der Waals surface area contributed by atoms with E-state index in [4.69, 9.17) is 5.11 Å². The Morgan fingerprint density at radius 1 is 1.31 bits per heavy atom. The summed E-state index contributed by atoms with van der Waals surface area (Å²) in [6, 6.07) is 0. The van der Waals surface area contributed by atoms with Crippen LogP contribution in [0, 0.1) is 27.9 Å². The lowest BCUT2D eigenvalue weighted by atomic mass is 9.85. The van der Waals surface area contributed by atoms with E-state index in [0.717, 1.165) is 19.3 Å². The number of carbonyl (C=O) groups is 2. The second-order valence-electron chi connectivity index (χ2n) is 8.30. The van der Waals surface area contributed by atoms with Crippen LogP contribution in [0.2, 0.25) is 0 Å². The van der Waals surface area contributed by atoms with E-state index >= 15 is 0 Å². The molecule has 164 valence electrons. The minimum Gasteiger partial charge on any atom is -0.481 e. The van der Waals surface area contributed by atoms with E-state index in [1.54, 1.807) is 13.0 Å². The summed E-state index contributed by atoms with van der Waals surface area (Å²) in [5, 5.41) is 30.3. The number of carboxylic acid groups (broad SMARTS) is 1. The highest BCUT2D eigenvalue weighted by molar-refractivity contribution is 5.84. The van der Waals surface area contributed by atoms with Gasteiger partial charge in [0, 0.05) is 29.6 Å². The van der Waals surface area contributed by atoms with Gasteiger partial charge < -0.3 is 10.2 Å². The third-order valence-corrected chi connectivity index (χ3v) is 5.55. The molecular weight excluding hydrogens is 374 g/mol. The number of aliphatic carboxylic acids is 1. The van der Waals surface area contributed by atoms with Crippen molar-refractivity contribution in [2.45, 2.75) is 77.2 Å². The van der Waals surface area contributed by atoms with Crippen molar-refractivity contribution in [1.82, 2.24) is 0 Å². The number of carboxylic acids is 1. The molecule has 0 radical (unpaired) electrons. The monoisotopic (exact) mass is 409 g/mol. The number of carbonyl (C=O) groups excluding carboxylic acids is 1. The first-order valence-corrected chi connectivity index (χ1v) is 10.6. The first-order valence-electron chi connectivity index (χ1n) is 10.6. The molecule has 1 fully saturated rings. The number of unbranched alkanes of at least 4 members (excludes halogenated alkanes) is 3. The fraction of sp³-hybridized carbons (Fsp3) is 0.727. The van der Waals surface area contributed by atoms with Gasteiger partial charge in [-0.3, -0.25) is 19.7 Å². The Kier molecular flexibility index (Phi) is 10.8. The van der Waals surface area contributed by atoms with E-state index in [0.29, 0.717) is 25.7 Å². The lowest BCUT2D eigenvalue weighted by Gasteiger charge is -2.22. The maximum atomic E-state index is 12.5. The fourth-order valence-corrected chi connectivity index (χ4v) is 3.91. The first-order chi connectivity index (χ1) is 13.7. The normalized spacial score (nSPS) is 24.4. The lowest BCUT2D eigenvalue weighted by Crippen LogP contribution is -2.24. The molecule has 0 aromatic rings. The van der Waals surface area contributed by atoms with Gasteiger partial charge in [0.2, 0.25) is 6.54 Å². The van der Waals surface area contributed by atoms with Gasteiger partial charge in [0.05, 0.1) is 5.60 Å². The molecule has 29 heavy (non-hydrogen) atoms.